The van der Waals surface area contributed by atoms with E-state index >= 15 is 0 Å². The molecule has 1 aromatic carbocycles. The van der Waals surface area contributed by atoms with Crippen molar-refractivity contribution in [1.29, 1.82) is 0 Å². The smallest absolute Gasteiger partial charge is 0.339 e. The number of hydrogen-bond acceptors (Lipinski definition) is 5. The average Bonchev–Trinajstić information content (AvgIpc) is 2.72. The summed E-state index contributed by atoms with van der Waals surface area (Å²) in [4.78, 5) is 11.1. The van der Waals surface area contributed by atoms with E-state index in [4.69, 9.17) is 9.47 Å². The lowest BCUT2D eigenvalue weighted by molar-refractivity contribution is -0.150. The van der Waals surface area contributed by atoms with E-state index < -0.39 is 17.9 Å². The minimum atomic E-state index is -1.67. The van der Waals surface area contributed by atoms with Crippen molar-refractivity contribution in [2.45, 2.75) is 6.10 Å². The van der Waals surface area contributed by atoms with Crippen LogP contribution in [0.4, 0.5) is 4.39 Å². The molecule has 86 valence electrons. The van der Waals surface area contributed by atoms with Crippen LogP contribution < -0.4 is 9.47 Å². The lowest BCUT2D eigenvalue weighted by Gasteiger charge is -2.10. The van der Waals surface area contributed by atoms with Gasteiger partial charge in [-0.15, -0.1) is 0 Å². The Morgan fingerprint density at radius 2 is 2.12 bits per heavy atom. The van der Waals surface area contributed by atoms with E-state index in [-0.39, 0.29) is 18.1 Å². The molecular formula is C10H9FO5. The zero-order chi connectivity index (χ0) is 11.7. The van der Waals surface area contributed by atoms with Crippen molar-refractivity contribution >= 4 is 5.97 Å². The quantitative estimate of drug-likeness (QED) is 0.757. The molecular weight excluding hydrogens is 219 g/mol. The number of ether oxygens (including phenoxy) is 3. The SMILES string of the molecule is COC(=O)C(O)c1cc2c(cc1F)OCO2. The first-order valence-corrected chi connectivity index (χ1v) is 4.48. The molecule has 0 aliphatic carbocycles. The number of carbonyl (C=O) groups excluding carboxylic acids is 1. The Balaban J connectivity index is 2.38. The van der Waals surface area contributed by atoms with E-state index in [1.165, 1.54) is 6.07 Å². The second kappa shape index (κ2) is 3.97. The summed E-state index contributed by atoms with van der Waals surface area (Å²) in [6.45, 7) is -0.00739. The second-order valence-corrected chi connectivity index (χ2v) is 3.15. The molecule has 0 radical (unpaired) electrons. The molecule has 0 saturated carbocycles. The molecule has 0 saturated heterocycles. The number of halogens is 1. The topological polar surface area (TPSA) is 65.0 Å². The number of methoxy groups -OCH3 is 1. The van der Waals surface area contributed by atoms with Crippen LogP contribution in [0.5, 0.6) is 11.5 Å². The minimum absolute atomic E-state index is 0.00739. The molecule has 0 fully saturated rings. The van der Waals surface area contributed by atoms with Crippen molar-refractivity contribution in [2.24, 2.45) is 0 Å². The van der Waals surface area contributed by atoms with Crippen molar-refractivity contribution in [1.82, 2.24) is 0 Å². The van der Waals surface area contributed by atoms with Crippen LogP contribution >= 0.6 is 0 Å². The molecule has 1 heterocycles. The van der Waals surface area contributed by atoms with Crippen LogP contribution in [-0.4, -0.2) is 25.0 Å². The van der Waals surface area contributed by atoms with Gasteiger partial charge in [0.2, 0.25) is 6.79 Å². The average molecular weight is 228 g/mol. The summed E-state index contributed by atoms with van der Waals surface area (Å²) in [5.74, 6) is -1.14. The molecule has 1 atom stereocenters. The molecule has 0 aromatic heterocycles. The van der Waals surface area contributed by atoms with Gasteiger partial charge in [0.15, 0.2) is 17.6 Å². The van der Waals surface area contributed by atoms with Gasteiger partial charge in [0.1, 0.15) is 5.82 Å². The van der Waals surface area contributed by atoms with E-state index in [1.807, 2.05) is 0 Å². The van der Waals surface area contributed by atoms with Gasteiger partial charge in [0.05, 0.1) is 7.11 Å². The number of esters is 1. The standard InChI is InChI=1S/C10H9FO5/c1-14-10(13)9(12)5-2-7-8(3-6(5)11)16-4-15-7/h2-3,9,12H,4H2,1H3. The van der Waals surface area contributed by atoms with Gasteiger partial charge in [-0.05, 0) is 6.07 Å². The Morgan fingerprint density at radius 1 is 1.50 bits per heavy atom. The molecule has 0 bridgehead atoms. The third-order valence-corrected chi connectivity index (χ3v) is 2.21. The molecule has 16 heavy (non-hydrogen) atoms. The maximum atomic E-state index is 13.5. The third-order valence-electron chi connectivity index (χ3n) is 2.21. The molecule has 1 aromatic rings. The zero-order valence-corrected chi connectivity index (χ0v) is 8.40. The van der Waals surface area contributed by atoms with Crippen molar-refractivity contribution in [3.63, 3.8) is 0 Å². The summed E-state index contributed by atoms with van der Waals surface area (Å²) in [5.41, 5.74) is -0.198. The van der Waals surface area contributed by atoms with Crippen molar-refractivity contribution < 1.29 is 28.5 Å². The largest absolute Gasteiger partial charge is 0.467 e. The van der Waals surface area contributed by atoms with Gasteiger partial charge in [-0.1, -0.05) is 0 Å². The molecule has 2 rings (SSSR count). The predicted molar refractivity (Wildman–Crippen MR) is 49.5 cm³/mol. The van der Waals surface area contributed by atoms with Crippen molar-refractivity contribution in [3.8, 4) is 11.5 Å². The number of carbonyl (C=O) groups is 1. The monoisotopic (exact) mass is 228 g/mol. The number of rotatable bonds is 2. The Morgan fingerprint density at radius 3 is 2.75 bits per heavy atom. The summed E-state index contributed by atoms with van der Waals surface area (Å²) in [6.07, 6.45) is -1.67. The highest BCUT2D eigenvalue weighted by atomic mass is 19.1. The summed E-state index contributed by atoms with van der Waals surface area (Å²) in [7, 11) is 1.11. The second-order valence-electron chi connectivity index (χ2n) is 3.15. The number of aliphatic hydroxyl groups excluding tert-OH is 1. The lowest BCUT2D eigenvalue weighted by atomic mass is 10.1. The van der Waals surface area contributed by atoms with Gasteiger partial charge in [-0.25, -0.2) is 9.18 Å². The highest BCUT2D eigenvalue weighted by molar-refractivity contribution is 5.76. The lowest BCUT2D eigenvalue weighted by Crippen LogP contribution is -2.14. The third kappa shape index (κ3) is 1.67. The van der Waals surface area contributed by atoms with Crippen LogP contribution in [0.25, 0.3) is 0 Å². The number of fused-ring (bicyclic) bond motifs is 1. The van der Waals surface area contributed by atoms with Gasteiger partial charge in [0, 0.05) is 11.6 Å². The zero-order valence-electron chi connectivity index (χ0n) is 8.40. The van der Waals surface area contributed by atoms with E-state index in [0.29, 0.717) is 5.75 Å². The summed E-state index contributed by atoms with van der Waals surface area (Å²) in [6, 6.07) is 2.28. The highest BCUT2D eigenvalue weighted by Crippen LogP contribution is 2.36. The van der Waals surface area contributed by atoms with Gasteiger partial charge in [-0.2, -0.15) is 0 Å². The van der Waals surface area contributed by atoms with Crippen molar-refractivity contribution in [3.05, 3.63) is 23.5 Å². The van der Waals surface area contributed by atoms with E-state index in [0.717, 1.165) is 13.2 Å². The molecule has 0 amide bonds. The summed E-state index contributed by atoms with van der Waals surface area (Å²) >= 11 is 0. The number of benzene rings is 1. The maximum Gasteiger partial charge on any atom is 0.339 e. The molecule has 1 aliphatic heterocycles. The van der Waals surface area contributed by atoms with E-state index in [9.17, 15) is 14.3 Å². The summed E-state index contributed by atoms with van der Waals surface area (Å²) in [5, 5.41) is 9.49. The maximum absolute atomic E-state index is 13.5. The molecule has 1 aliphatic rings. The normalized spacial score (nSPS) is 14.7. The van der Waals surface area contributed by atoms with Crippen LogP contribution in [0.3, 0.4) is 0 Å². The fourth-order valence-corrected chi connectivity index (χ4v) is 1.38. The Labute approximate surface area is 90.3 Å². The predicted octanol–water partition coefficient (Wildman–Crippen LogP) is 0.761. The fraction of sp³-hybridized carbons (Fsp3) is 0.300. The van der Waals surface area contributed by atoms with Gasteiger partial charge in [0.25, 0.3) is 0 Å². The van der Waals surface area contributed by atoms with Crippen LogP contribution in [0.2, 0.25) is 0 Å². The van der Waals surface area contributed by atoms with Gasteiger partial charge in [-0.3, -0.25) is 0 Å². The number of aliphatic hydroxyl groups is 1. The first kappa shape index (κ1) is 10.7. The van der Waals surface area contributed by atoms with Crippen LogP contribution in [0.1, 0.15) is 11.7 Å². The first-order chi connectivity index (χ1) is 7.63. The first-order valence-electron chi connectivity index (χ1n) is 4.48. The minimum Gasteiger partial charge on any atom is -0.467 e. The molecule has 1 unspecified atom stereocenters. The van der Waals surface area contributed by atoms with E-state index in [2.05, 4.69) is 4.74 Å². The Bertz CT molecular complexity index is 431. The highest BCUT2D eigenvalue weighted by Gasteiger charge is 2.25. The van der Waals surface area contributed by atoms with Gasteiger partial charge >= 0.3 is 5.97 Å². The van der Waals surface area contributed by atoms with Crippen LogP contribution in [0, 0.1) is 5.82 Å². The van der Waals surface area contributed by atoms with Gasteiger partial charge < -0.3 is 19.3 Å². The van der Waals surface area contributed by atoms with Crippen LogP contribution in [0.15, 0.2) is 12.1 Å². The Kier molecular flexibility index (Phi) is 2.66. The summed E-state index contributed by atoms with van der Waals surface area (Å²) < 4.78 is 27.7. The van der Waals surface area contributed by atoms with Crippen molar-refractivity contribution in [2.75, 3.05) is 13.9 Å². The molecule has 5 nitrogen and oxygen atoms in total. The molecule has 6 heteroatoms. The Hall–Kier alpha value is -1.82. The molecule has 1 N–H and O–H groups in total. The molecule has 0 spiro atoms. The number of hydrogen-bond donors (Lipinski definition) is 1. The van der Waals surface area contributed by atoms with E-state index in [1.54, 1.807) is 0 Å². The fourth-order valence-electron chi connectivity index (χ4n) is 1.38. The van der Waals surface area contributed by atoms with Crippen LogP contribution in [-0.2, 0) is 9.53 Å².